The smallest absolute Gasteiger partial charge is 0.416 e. The van der Waals surface area contributed by atoms with Crippen LogP contribution in [0, 0.1) is 0 Å². The van der Waals surface area contributed by atoms with Gasteiger partial charge in [0.25, 0.3) is 0 Å². The number of rotatable bonds is 6. The largest absolute Gasteiger partial charge is 0.482 e. The van der Waals surface area contributed by atoms with Crippen LogP contribution >= 0.6 is 0 Å². The van der Waals surface area contributed by atoms with Gasteiger partial charge in [-0.3, -0.25) is 0 Å². The molecule has 0 spiro atoms. The molecule has 0 fully saturated rings. The number of nitrogens with one attached hydrogen (secondary N) is 1. The number of carboxylic acid groups (broad SMARTS) is 1. The highest BCUT2D eigenvalue weighted by atomic mass is 32.2. The standard InChI is InChI=1S/C21H19F6NO5S/c22-20(23,24)12-8-13(21(25,26)27)10-14(9-12)34(31,32)28-17-6-2-1-4-16-15(17)5-3-7-18(16)33-11-19(29)30/h3,5,7-10,17,28H,1-2,4,6,11H2,(H,29,30)/t17-/m0/s1. The molecule has 34 heavy (non-hydrogen) atoms. The van der Waals surface area contributed by atoms with E-state index in [1.165, 1.54) is 12.1 Å². The van der Waals surface area contributed by atoms with Gasteiger partial charge in [-0.1, -0.05) is 18.6 Å². The second-order valence-corrected chi connectivity index (χ2v) is 9.38. The average molecular weight is 511 g/mol. The van der Waals surface area contributed by atoms with Gasteiger partial charge in [-0.2, -0.15) is 26.3 Å². The van der Waals surface area contributed by atoms with Crippen molar-refractivity contribution in [3.05, 3.63) is 58.7 Å². The van der Waals surface area contributed by atoms with Gasteiger partial charge in [0.05, 0.1) is 16.0 Å². The molecule has 0 saturated carbocycles. The minimum Gasteiger partial charge on any atom is -0.482 e. The first-order valence-electron chi connectivity index (χ1n) is 9.96. The molecule has 0 bridgehead atoms. The lowest BCUT2D eigenvalue weighted by Crippen LogP contribution is -2.29. The summed E-state index contributed by atoms with van der Waals surface area (Å²) in [5.74, 6) is -1.02. The van der Waals surface area contributed by atoms with E-state index in [2.05, 4.69) is 4.72 Å². The van der Waals surface area contributed by atoms with Crippen LogP contribution in [0.25, 0.3) is 0 Å². The fraction of sp³-hybridized carbons (Fsp3) is 0.381. The third-order valence-corrected chi connectivity index (χ3v) is 6.69. The first-order valence-corrected chi connectivity index (χ1v) is 11.4. The molecule has 2 N–H and O–H groups in total. The fourth-order valence-electron chi connectivity index (χ4n) is 3.72. The fourth-order valence-corrected chi connectivity index (χ4v) is 5.04. The highest BCUT2D eigenvalue weighted by Crippen LogP contribution is 2.39. The van der Waals surface area contributed by atoms with E-state index in [9.17, 15) is 39.6 Å². The average Bonchev–Trinajstić information content (AvgIpc) is 2.93. The van der Waals surface area contributed by atoms with Crippen molar-refractivity contribution in [3.8, 4) is 5.75 Å². The molecule has 186 valence electrons. The van der Waals surface area contributed by atoms with Crippen LogP contribution in [0.1, 0.15) is 47.6 Å². The number of hydrogen-bond donors (Lipinski definition) is 2. The highest BCUT2D eigenvalue weighted by molar-refractivity contribution is 7.89. The number of halogens is 6. The Morgan fingerprint density at radius 3 is 2.21 bits per heavy atom. The highest BCUT2D eigenvalue weighted by Gasteiger charge is 2.38. The molecule has 2 aromatic carbocycles. The van der Waals surface area contributed by atoms with E-state index in [1.54, 1.807) is 6.07 Å². The number of carbonyl (C=O) groups is 1. The molecule has 1 aliphatic carbocycles. The predicted molar refractivity (Wildman–Crippen MR) is 107 cm³/mol. The minimum atomic E-state index is -5.20. The van der Waals surface area contributed by atoms with Gasteiger partial charge < -0.3 is 9.84 Å². The Morgan fingerprint density at radius 1 is 1.03 bits per heavy atom. The van der Waals surface area contributed by atoms with Crippen LogP contribution in [0.3, 0.4) is 0 Å². The Balaban J connectivity index is 2.02. The molecule has 1 atom stereocenters. The summed E-state index contributed by atoms with van der Waals surface area (Å²) in [4.78, 5) is 9.67. The Labute approximate surface area is 190 Å². The Hall–Kier alpha value is -2.80. The lowest BCUT2D eigenvalue weighted by molar-refractivity contribution is -0.143. The number of carboxylic acids is 1. The summed E-state index contributed by atoms with van der Waals surface area (Å²) in [5, 5.41) is 8.85. The van der Waals surface area contributed by atoms with Crippen molar-refractivity contribution in [2.24, 2.45) is 0 Å². The maximum absolute atomic E-state index is 13.2. The Bertz CT molecular complexity index is 1140. The quantitative estimate of drug-likeness (QED) is 0.424. The summed E-state index contributed by atoms with van der Waals surface area (Å²) < 4.78 is 112. The van der Waals surface area contributed by atoms with Gasteiger partial charge >= 0.3 is 18.3 Å². The van der Waals surface area contributed by atoms with Gasteiger partial charge in [0.1, 0.15) is 5.75 Å². The Morgan fingerprint density at radius 2 is 1.65 bits per heavy atom. The normalized spacial score (nSPS) is 17.1. The number of sulfonamides is 1. The summed E-state index contributed by atoms with van der Waals surface area (Å²) >= 11 is 0. The first kappa shape index (κ1) is 25.8. The number of alkyl halides is 6. The molecule has 0 unspecified atom stereocenters. The zero-order chi connectivity index (χ0) is 25.3. The topological polar surface area (TPSA) is 92.7 Å². The van der Waals surface area contributed by atoms with E-state index in [4.69, 9.17) is 9.84 Å². The number of ether oxygens (including phenoxy) is 1. The van der Waals surface area contributed by atoms with E-state index < -0.39 is 57.0 Å². The monoisotopic (exact) mass is 511 g/mol. The van der Waals surface area contributed by atoms with Gasteiger partial charge in [0.15, 0.2) is 6.61 Å². The van der Waals surface area contributed by atoms with Crippen molar-refractivity contribution in [3.63, 3.8) is 0 Å². The SMILES string of the molecule is O=C(O)COc1cccc2c1CCCC[C@@H]2NS(=O)(=O)c1cc(C(F)(F)F)cc(C(F)(F)F)c1. The molecule has 13 heteroatoms. The van der Waals surface area contributed by atoms with Crippen LogP contribution in [0.4, 0.5) is 26.3 Å². The van der Waals surface area contributed by atoms with Crippen LogP contribution in [0.2, 0.25) is 0 Å². The van der Waals surface area contributed by atoms with Crippen LogP contribution < -0.4 is 9.46 Å². The number of fused-ring (bicyclic) bond motifs is 1. The molecule has 0 amide bonds. The van der Waals surface area contributed by atoms with Crippen LogP contribution in [-0.2, 0) is 33.6 Å². The molecule has 0 radical (unpaired) electrons. The van der Waals surface area contributed by atoms with E-state index >= 15 is 0 Å². The van der Waals surface area contributed by atoms with Gasteiger partial charge in [-0.25, -0.2) is 17.9 Å². The predicted octanol–water partition coefficient (Wildman–Crippen LogP) is 4.93. The second kappa shape index (κ2) is 9.45. The molecule has 3 rings (SSSR count). The molecular formula is C21H19F6NO5S. The van der Waals surface area contributed by atoms with Gasteiger partial charge in [-0.15, -0.1) is 0 Å². The van der Waals surface area contributed by atoms with Gasteiger partial charge in [-0.05, 0) is 54.7 Å². The summed E-state index contributed by atoms with van der Waals surface area (Å²) in [6, 6.07) is 3.74. The lowest BCUT2D eigenvalue weighted by atomic mass is 9.99. The first-order chi connectivity index (χ1) is 15.7. The second-order valence-electron chi connectivity index (χ2n) is 7.67. The van der Waals surface area contributed by atoms with Crippen molar-refractivity contribution in [1.82, 2.24) is 4.72 Å². The molecule has 1 aliphatic rings. The van der Waals surface area contributed by atoms with Crippen molar-refractivity contribution >= 4 is 16.0 Å². The zero-order valence-corrected chi connectivity index (χ0v) is 18.1. The van der Waals surface area contributed by atoms with E-state index in [1.807, 2.05) is 0 Å². The number of aliphatic carboxylic acids is 1. The van der Waals surface area contributed by atoms with Crippen LogP contribution in [0.5, 0.6) is 5.75 Å². The maximum Gasteiger partial charge on any atom is 0.416 e. The van der Waals surface area contributed by atoms with E-state index in [-0.39, 0.29) is 30.4 Å². The lowest BCUT2D eigenvalue weighted by Gasteiger charge is -2.22. The van der Waals surface area contributed by atoms with Crippen molar-refractivity contribution in [1.29, 1.82) is 0 Å². The van der Waals surface area contributed by atoms with E-state index in [0.29, 0.717) is 30.4 Å². The molecule has 2 aromatic rings. The van der Waals surface area contributed by atoms with Crippen molar-refractivity contribution < 1.29 is 49.4 Å². The van der Waals surface area contributed by atoms with Crippen molar-refractivity contribution in [2.75, 3.05) is 6.61 Å². The summed E-state index contributed by atoms with van der Waals surface area (Å²) in [6.45, 7) is -0.642. The Kier molecular flexibility index (Phi) is 7.18. The summed E-state index contributed by atoms with van der Waals surface area (Å²) in [5.41, 5.74) is -2.55. The third kappa shape index (κ3) is 6.00. The van der Waals surface area contributed by atoms with Crippen LogP contribution in [-0.4, -0.2) is 26.1 Å². The molecule has 6 nitrogen and oxygen atoms in total. The number of hydrogen-bond acceptors (Lipinski definition) is 4. The van der Waals surface area contributed by atoms with Crippen LogP contribution in [0.15, 0.2) is 41.3 Å². The minimum absolute atomic E-state index is 0.147. The molecule has 0 heterocycles. The van der Waals surface area contributed by atoms with E-state index in [0.717, 1.165) is 0 Å². The van der Waals surface area contributed by atoms with Gasteiger partial charge in [0, 0.05) is 6.04 Å². The summed E-state index contributed by atoms with van der Waals surface area (Å²) in [6.07, 6.45) is -8.67. The zero-order valence-electron chi connectivity index (χ0n) is 17.3. The molecular weight excluding hydrogens is 492 g/mol. The molecule has 0 saturated heterocycles. The third-order valence-electron chi connectivity index (χ3n) is 5.23. The molecule has 0 aliphatic heterocycles. The maximum atomic E-state index is 13.2. The van der Waals surface area contributed by atoms with Gasteiger partial charge in [0.2, 0.25) is 10.0 Å². The van der Waals surface area contributed by atoms with Crippen molar-refractivity contribution in [2.45, 2.75) is 49.0 Å². The summed E-state index contributed by atoms with van der Waals surface area (Å²) in [7, 11) is -4.81. The molecule has 0 aromatic heterocycles. The number of benzene rings is 2.